The van der Waals surface area contributed by atoms with E-state index in [4.69, 9.17) is 9.72 Å². The average molecular weight is 375 g/mol. The second-order valence-electron chi connectivity index (χ2n) is 5.03. The Bertz CT molecular complexity index is 419. The quantitative estimate of drug-likeness (QED) is 0.771. The third-order valence-electron chi connectivity index (χ3n) is 3.48. The number of nitrogens with zero attached hydrogens (tertiary/aromatic N) is 2. The van der Waals surface area contributed by atoms with E-state index in [0.717, 1.165) is 24.6 Å². The minimum Gasteiger partial charge on any atom is -0.377 e. The molecule has 1 saturated carbocycles. The minimum absolute atomic E-state index is 0.484. The van der Waals surface area contributed by atoms with Crippen LogP contribution in [0.25, 0.3) is 0 Å². The van der Waals surface area contributed by atoms with Crippen LogP contribution in [0.5, 0.6) is 0 Å². The largest absolute Gasteiger partial charge is 0.377 e. The fourth-order valence-electron chi connectivity index (χ4n) is 2.54. The SMILES string of the molecule is CCCNc1nc(COC)nc(C2CCCC2)c1I. The van der Waals surface area contributed by atoms with Gasteiger partial charge in [-0.15, -0.1) is 0 Å². The number of halogens is 1. The molecule has 19 heavy (non-hydrogen) atoms. The van der Waals surface area contributed by atoms with Crippen molar-refractivity contribution in [1.29, 1.82) is 0 Å². The Balaban J connectivity index is 2.30. The van der Waals surface area contributed by atoms with E-state index < -0.39 is 0 Å². The van der Waals surface area contributed by atoms with Crippen molar-refractivity contribution in [3.63, 3.8) is 0 Å². The molecule has 1 fully saturated rings. The highest BCUT2D eigenvalue weighted by atomic mass is 127. The lowest BCUT2D eigenvalue weighted by Gasteiger charge is -2.16. The van der Waals surface area contributed by atoms with Gasteiger partial charge in [0.05, 0.1) is 9.26 Å². The highest BCUT2D eigenvalue weighted by molar-refractivity contribution is 14.1. The molecule has 106 valence electrons. The van der Waals surface area contributed by atoms with Crippen molar-refractivity contribution in [2.24, 2.45) is 0 Å². The second kappa shape index (κ2) is 7.38. The van der Waals surface area contributed by atoms with Crippen molar-refractivity contribution in [2.45, 2.75) is 51.6 Å². The van der Waals surface area contributed by atoms with E-state index in [1.54, 1.807) is 7.11 Å². The Morgan fingerprint density at radius 2 is 2.05 bits per heavy atom. The number of aromatic nitrogens is 2. The Labute approximate surface area is 128 Å². The van der Waals surface area contributed by atoms with Gasteiger partial charge in [-0.25, -0.2) is 9.97 Å². The molecular formula is C14H22IN3O. The summed E-state index contributed by atoms with van der Waals surface area (Å²) in [5.74, 6) is 2.38. The maximum Gasteiger partial charge on any atom is 0.156 e. The first-order valence-electron chi connectivity index (χ1n) is 7.05. The first-order valence-corrected chi connectivity index (χ1v) is 8.13. The van der Waals surface area contributed by atoms with Crippen LogP contribution in [0, 0.1) is 3.57 Å². The number of rotatable bonds is 6. The lowest BCUT2D eigenvalue weighted by molar-refractivity contribution is 0.177. The molecule has 0 saturated heterocycles. The summed E-state index contributed by atoms with van der Waals surface area (Å²) in [4.78, 5) is 9.31. The van der Waals surface area contributed by atoms with Gasteiger partial charge in [0.1, 0.15) is 12.4 Å². The Morgan fingerprint density at radius 1 is 1.32 bits per heavy atom. The number of nitrogens with one attached hydrogen (secondary N) is 1. The number of hydrogen-bond donors (Lipinski definition) is 1. The number of hydrogen-bond acceptors (Lipinski definition) is 4. The van der Waals surface area contributed by atoms with Crippen molar-refractivity contribution in [3.05, 3.63) is 15.1 Å². The smallest absolute Gasteiger partial charge is 0.156 e. The van der Waals surface area contributed by atoms with Gasteiger partial charge in [-0.1, -0.05) is 19.8 Å². The Morgan fingerprint density at radius 3 is 2.68 bits per heavy atom. The van der Waals surface area contributed by atoms with Crippen LogP contribution < -0.4 is 5.32 Å². The lowest BCUT2D eigenvalue weighted by Crippen LogP contribution is -2.12. The molecule has 0 amide bonds. The molecule has 2 rings (SSSR count). The monoisotopic (exact) mass is 375 g/mol. The molecule has 0 spiro atoms. The molecule has 1 heterocycles. The molecule has 5 heteroatoms. The molecule has 0 atom stereocenters. The molecular weight excluding hydrogens is 353 g/mol. The van der Waals surface area contributed by atoms with Gasteiger partial charge >= 0.3 is 0 Å². The summed E-state index contributed by atoms with van der Waals surface area (Å²) < 4.78 is 6.38. The zero-order valence-electron chi connectivity index (χ0n) is 11.7. The number of methoxy groups -OCH3 is 1. The molecule has 4 nitrogen and oxygen atoms in total. The van der Waals surface area contributed by atoms with Gasteiger partial charge in [0.15, 0.2) is 5.82 Å². The van der Waals surface area contributed by atoms with Crippen molar-refractivity contribution in [3.8, 4) is 0 Å². The van der Waals surface area contributed by atoms with E-state index in [0.29, 0.717) is 12.5 Å². The topological polar surface area (TPSA) is 47.0 Å². The first-order chi connectivity index (χ1) is 9.26. The molecule has 0 radical (unpaired) electrons. The average Bonchev–Trinajstić information content (AvgIpc) is 2.93. The molecule has 1 aromatic heterocycles. The number of ether oxygens (including phenoxy) is 1. The molecule has 1 aliphatic rings. The van der Waals surface area contributed by atoms with Gasteiger partial charge in [-0.05, 0) is 41.9 Å². The van der Waals surface area contributed by atoms with Gasteiger partial charge in [0.25, 0.3) is 0 Å². The minimum atomic E-state index is 0.484. The standard InChI is InChI=1S/C14H22IN3O/c1-3-8-16-14-12(15)13(10-6-4-5-7-10)17-11(18-14)9-19-2/h10H,3-9H2,1-2H3,(H,16,17,18). The first kappa shape index (κ1) is 15.0. The predicted octanol–water partition coefficient (Wildman–Crippen LogP) is 3.71. The van der Waals surface area contributed by atoms with Crippen LogP contribution >= 0.6 is 22.6 Å². The fraction of sp³-hybridized carbons (Fsp3) is 0.714. The van der Waals surface area contributed by atoms with E-state index in [9.17, 15) is 0 Å². The molecule has 1 aromatic rings. The summed E-state index contributed by atoms with van der Waals surface area (Å²) in [6, 6.07) is 0. The maximum absolute atomic E-state index is 5.19. The van der Waals surface area contributed by atoms with Crippen molar-refractivity contribution >= 4 is 28.4 Å². The fourth-order valence-corrected chi connectivity index (χ4v) is 3.41. The van der Waals surface area contributed by atoms with Crippen molar-refractivity contribution in [1.82, 2.24) is 9.97 Å². The molecule has 0 unspecified atom stereocenters. The van der Waals surface area contributed by atoms with Crippen LogP contribution in [0.15, 0.2) is 0 Å². The van der Waals surface area contributed by atoms with Crippen LogP contribution in [-0.2, 0) is 11.3 Å². The normalized spacial score (nSPS) is 15.9. The lowest BCUT2D eigenvalue weighted by atomic mass is 10.0. The Hall–Kier alpha value is -0.430. The Kier molecular flexibility index (Phi) is 5.81. The van der Waals surface area contributed by atoms with Crippen molar-refractivity contribution in [2.75, 3.05) is 19.0 Å². The highest BCUT2D eigenvalue weighted by Gasteiger charge is 2.23. The highest BCUT2D eigenvalue weighted by Crippen LogP contribution is 2.36. The zero-order valence-corrected chi connectivity index (χ0v) is 13.9. The van der Waals surface area contributed by atoms with Crippen LogP contribution in [0.2, 0.25) is 0 Å². The molecule has 0 bridgehead atoms. The second-order valence-corrected chi connectivity index (χ2v) is 6.11. The molecule has 1 N–H and O–H groups in total. The molecule has 1 aliphatic carbocycles. The maximum atomic E-state index is 5.19. The predicted molar refractivity (Wildman–Crippen MR) is 85.5 cm³/mol. The summed E-state index contributed by atoms with van der Waals surface area (Å²) in [6.07, 6.45) is 6.25. The van der Waals surface area contributed by atoms with Crippen molar-refractivity contribution < 1.29 is 4.74 Å². The molecule has 0 aliphatic heterocycles. The van der Waals surface area contributed by atoms with E-state index >= 15 is 0 Å². The van der Waals surface area contributed by atoms with Gasteiger partial charge in [0, 0.05) is 19.6 Å². The van der Waals surface area contributed by atoms with Crippen LogP contribution in [0.4, 0.5) is 5.82 Å². The summed E-state index contributed by atoms with van der Waals surface area (Å²) in [5.41, 5.74) is 1.22. The third-order valence-corrected chi connectivity index (χ3v) is 4.54. The molecule has 0 aromatic carbocycles. The van der Waals surface area contributed by atoms with Gasteiger partial charge < -0.3 is 10.1 Å². The number of anilines is 1. The van der Waals surface area contributed by atoms with Gasteiger partial charge in [-0.3, -0.25) is 0 Å². The summed E-state index contributed by atoms with van der Waals surface area (Å²) in [5, 5.41) is 3.41. The van der Waals surface area contributed by atoms with Gasteiger partial charge in [0.2, 0.25) is 0 Å². The summed E-state index contributed by atoms with van der Waals surface area (Å²) >= 11 is 2.39. The zero-order chi connectivity index (χ0) is 13.7. The summed E-state index contributed by atoms with van der Waals surface area (Å²) in [6.45, 7) is 3.59. The van der Waals surface area contributed by atoms with Crippen LogP contribution in [0.3, 0.4) is 0 Å². The summed E-state index contributed by atoms with van der Waals surface area (Å²) in [7, 11) is 1.69. The third kappa shape index (κ3) is 3.78. The van der Waals surface area contributed by atoms with E-state index in [1.807, 2.05) is 0 Å². The van der Waals surface area contributed by atoms with E-state index in [1.165, 1.54) is 34.9 Å². The van der Waals surface area contributed by atoms with Gasteiger partial charge in [-0.2, -0.15) is 0 Å². The van der Waals surface area contributed by atoms with Crippen LogP contribution in [0.1, 0.15) is 56.5 Å². The van der Waals surface area contributed by atoms with Crippen LogP contribution in [-0.4, -0.2) is 23.6 Å². The van der Waals surface area contributed by atoms with E-state index in [2.05, 4.69) is 39.8 Å². The van der Waals surface area contributed by atoms with E-state index in [-0.39, 0.29) is 0 Å².